The third-order valence-corrected chi connectivity index (χ3v) is 4.33. The predicted molar refractivity (Wildman–Crippen MR) is 92.2 cm³/mol. The summed E-state index contributed by atoms with van der Waals surface area (Å²) in [4.78, 5) is 8.81. The summed E-state index contributed by atoms with van der Waals surface area (Å²) < 4.78 is 26.7. The van der Waals surface area contributed by atoms with E-state index in [2.05, 4.69) is 19.9 Å². The van der Waals surface area contributed by atoms with Crippen LogP contribution in [-0.4, -0.2) is 53.5 Å². The Balaban J connectivity index is 1.53. The Morgan fingerprint density at radius 1 is 1.08 bits per heavy atom. The zero-order valence-electron chi connectivity index (χ0n) is 13.8. The van der Waals surface area contributed by atoms with Crippen molar-refractivity contribution in [3.8, 4) is 0 Å². The molecule has 0 amide bonds. The molecule has 1 aliphatic rings. The van der Waals surface area contributed by atoms with Gasteiger partial charge in [0.25, 0.3) is 0 Å². The number of benzene rings is 1. The Hall–Kier alpha value is -2.54. The van der Waals surface area contributed by atoms with Crippen LogP contribution >= 0.6 is 0 Å². The standard InChI is InChI=1S/C18H20F2N4O/c19-15-11-14(12-16(20)13-15)17(22-25)4-6-23-7-9-24(10-8-23)18-3-1-2-5-21-18/h1-3,5,11-13,25H,4,6-10H2/b22-17+. The third kappa shape index (κ3) is 4.51. The van der Waals surface area contributed by atoms with Crippen LogP contribution in [0.2, 0.25) is 0 Å². The topological polar surface area (TPSA) is 52.0 Å². The van der Waals surface area contributed by atoms with Crippen molar-refractivity contribution >= 4 is 11.5 Å². The van der Waals surface area contributed by atoms with Crippen LogP contribution in [-0.2, 0) is 0 Å². The maximum atomic E-state index is 13.3. The highest BCUT2D eigenvalue weighted by molar-refractivity contribution is 6.00. The second-order valence-corrected chi connectivity index (χ2v) is 5.97. The number of aromatic nitrogens is 1. The minimum absolute atomic E-state index is 0.270. The first-order valence-corrected chi connectivity index (χ1v) is 8.21. The minimum Gasteiger partial charge on any atom is -0.411 e. The molecule has 1 fully saturated rings. The van der Waals surface area contributed by atoms with E-state index in [0.717, 1.165) is 38.1 Å². The van der Waals surface area contributed by atoms with Gasteiger partial charge in [-0.05, 0) is 24.3 Å². The number of hydrogen-bond donors (Lipinski definition) is 1. The van der Waals surface area contributed by atoms with Crippen LogP contribution in [0.3, 0.4) is 0 Å². The Bertz CT molecular complexity index is 711. The molecule has 7 heteroatoms. The highest BCUT2D eigenvalue weighted by atomic mass is 19.1. The number of hydrogen-bond acceptors (Lipinski definition) is 5. The lowest BCUT2D eigenvalue weighted by atomic mass is 10.1. The molecule has 0 unspecified atom stereocenters. The van der Waals surface area contributed by atoms with Gasteiger partial charge in [0, 0.05) is 57.0 Å². The lowest BCUT2D eigenvalue weighted by Crippen LogP contribution is -2.47. The number of pyridine rings is 1. The van der Waals surface area contributed by atoms with Crippen LogP contribution in [0.25, 0.3) is 0 Å². The van der Waals surface area contributed by atoms with Crippen LogP contribution in [0.5, 0.6) is 0 Å². The Labute approximate surface area is 145 Å². The molecule has 25 heavy (non-hydrogen) atoms. The molecule has 0 aliphatic carbocycles. The average molecular weight is 346 g/mol. The van der Waals surface area contributed by atoms with Crippen LogP contribution in [0, 0.1) is 11.6 Å². The zero-order chi connectivity index (χ0) is 17.6. The van der Waals surface area contributed by atoms with Crippen molar-refractivity contribution in [1.29, 1.82) is 0 Å². The van der Waals surface area contributed by atoms with Crippen molar-refractivity contribution in [2.75, 3.05) is 37.6 Å². The van der Waals surface area contributed by atoms with Gasteiger partial charge < -0.3 is 10.1 Å². The van der Waals surface area contributed by atoms with E-state index in [1.54, 1.807) is 6.20 Å². The van der Waals surface area contributed by atoms with Gasteiger partial charge in [-0.25, -0.2) is 13.8 Å². The molecule has 1 aromatic carbocycles. The van der Waals surface area contributed by atoms with Gasteiger partial charge in [-0.3, -0.25) is 4.90 Å². The molecule has 0 saturated carbocycles. The van der Waals surface area contributed by atoms with Crippen molar-refractivity contribution in [2.45, 2.75) is 6.42 Å². The summed E-state index contributed by atoms with van der Waals surface area (Å²) in [7, 11) is 0. The second kappa shape index (κ2) is 8.02. The van der Waals surface area contributed by atoms with Crippen LogP contribution < -0.4 is 4.90 Å². The van der Waals surface area contributed by atoms with Crippen molar-refractivity contribution in [2.24, 2.45) is 5.16 Å². The Morgan fingerprint density at radius 2 is 1.80 bits per heavy atom. The van der Waals surface area contributed by atoms with Crippen LogP contribution in [0.1, 0.15) is 12.0 Å². The van der Waals surface area contributed by atoms with E-state index in [4.69, 9.17) is 0 Å². The van der Waals surface area contributed by atoms with E-state index in [1.807, 2.05) is 18.2 Å². The largest absolute Gasteiger partial charge is 0.411 e. The fourth-order valence-corrected chi connectivity index (χ4v) is 2.98. The Morgan fingerprint density at radius 3 is 2.40 bits per heavy atom. The highest BCUT2D eigenvalue weighted by Crippen LogP contribution is 2.14. The second-order valence-electron chi connectivity index (χ2n) is 5.97. The summed E-state index contributed by atoms with van der Waals surface area (Å²) in [6, 6.07) is 9.01. The maximum Gasteiger partial charge on any atom is 0.128 e. The summed E-state index contributed by atoms with van der Waals surface area (Å²) in [6.45, 7) is 4.08. The molecular formula is C18H20F2N4O. The van der Waals surface area contributed by atoms with Gasteiger partial charge in [-0.15, -0.1) is 0 Å². The molecule has 132 valence electrons. The van der Waals surface area contributed by atoms with Gasteiger partial charge in [0.2, 0.25) is 0 Å². The van der Waals surface area contributed by atoms with E-state index in [1.165, 1.54) is 12.1 Å². The molecule has 0 bridgehead atoms. The molecule has 0 spiro atoms. The molecule has 2 aromatic rings. The molecule has 2 heterocycles. The number of rotatable bonds is 5. The molecule has 1 aromatic heterocycles. The summed E-state index contributed by atoms with van der Waals surface area (Å²) in [5.41, 5.74) is 0.553. The van der Waals surface area contributed by atoms with Crippen LogP contribution in [0.15, 0.2) is 47.8 Å². The fourth-order valence-electron chi connectivity index (χ4n) is 2.98. The van der Waals surface area contributed by atoms with E-state index >= 15 is 0 Å². The fraction of sp³-hybridized carbons (Fsp3) is 0.333. The SMILES string of the molecule is O/N=C(\CCN1CCN(c2ccccn2)CC1)c1cc(F)cc(F)c1. The number of nitrogens with zero attached hydrogens (tertiary/aromatic N) is 4. The average Bonchev–Trinajstić information content (AvgIpc) is 2.63. The number of oxime groups is 1. The third-order valence-electron chi connectivity index (χ3n) is 4.33. The van der Waals surface area contributed by atoms with E-state index in [0.29, 0.717) is 13.0 Å². The molecule has 3 rings (SSSR count). The van der Waals surface area contributed by atoms with Crippen molar-refractivity contribution in [3.63, 3.8) is 0 Å². The number of halogens is 2. The van der Waals surface area contributed by atoms with E-state index in [-0.39, 0.29) is 11.3 Å². The first-order valence-electron chi connectivity index (χ1n) is 8.21. The molecule has 5 nitrogen and oxygen atoms in total. The minimum atomic E-state index is -0.680. The normalized spacial score (nSPS) is 16.2. The quantitative estimate of drug-likeness (QED) is 0.514. The van der Waals surface area contributed by atoms with Gasteiger partial charge >= 0.3 is 0 Å². The van der Waals surface area contributed by atoms with E-state index in [9.17, 15) is 14.0 Å². The summed E-state index contributed by atoms with van der Waals surface area (Å²) in [5.74, 6) is -0.393. The predicted octanol–water partition coefficient (Wildman–Crippen LogP) is 2.75. The number of piperazine rings is 1. The maximum absolute atomic E-state index is 13.3. The zero-order valence-corrected chi connectivity index (χ0v) is 13.8. The molecule has 0 radical (unpaired) electrons. The summed E-state index contributed by atoms with van der Waals surface area (Å²) >= 11 is 0. The molecule has 0 atom stereocenters. The lowest BCUT2D eigenvalue weighted by Gasteiger charge is -2.35. The van der Waals surface area contributed by atoms with Gasteiger partial charge in [0.15, 0.2) is 0 Å². The first kappa shape index (κ1) is 17.3. The Kier molecular flexibility index (Phi) is 5.55. The van der Waals surface area contributed by atoms with Gasteiger partial charge in [-0.1, -0.05) is 11.2 Å². The highest BCUT2D eigenvalue weighted by Gasteiger charge is 2.18. The lowest BCUT2D eigenvalue weighted by molar-refractivity contribution is 0.262. The van der Waals surface area contributed by atoms with Gasteiger partial charge in [0.1, 0.15) is 17.5 Å². The van der Waals surface area contributed by atoms with Gasteiger partial charge in [0.05, 0.1) is 5.71 Å². The van der Waals surface area contributed by atoms with Crippen molar-refractivity contribution in [1.82, 2.24) is 9.88 Å². The molecule has 1 aliphatic heterocycles. The smallest absolute Gasteiger partial charge is 0.128 e. The first-order chi connectivity index (χ1) is 12.2. The summed E-state index contributed by atoms with van der Waals surface area (Å²) in [5, 5.41) is 12.4. The van der Waals surface area contributed by atoms with Crippen molar-refractivity contribution < 1.29 is 14.0 Å². The van der Waals surface area contributed by atoms with Crippen molar-refractivity contribution in [3.05, 3.63) is 59.8 Å². The van der Waals surface area contributed by atoms with Gasteiger partial charge in [-0.2, -0.15) is 0 Å². The van der Waals surface area contributed by atoms with E-state index < -0.39 is 11.6 Å². The van der Waals surface area contributed by atoms with Crippen LogP contribution in [0.4, 0.5) is 14.6 Å². The summed E-state index contributed by atoms with van der Waals surface area (Å²) in [6.07, 6.45) is 2.20. The molecule has 1 saturated heterocycles. The molecule has 1 N–H and O–H groups in total. The number of anilines is 1. The monoisotopic (exact) mass is 346 g/mol. The molecular weight excluding hydrogens is 326 g/mol.